The van der Waals surface area contributed by atoms with Crippen molar-refractivity contribution in [3.05, 3.63) is 71.8 Å². The van der Waals surface area contributed by atoms with Gasteiger partial charge in [-0.15, -0.1) is 0 Å². The van der Waals surface area contributed by atoms with Crippen molar-refractivity contribution in [2.45, 2.75) is 81.7 Å². The van der Waals surface area contributed by atoms with Crippen molar-refractivity contribution in [3.63, 3.8) is 0 Å². The van der Waals surface area contributed by atoms with Crippen LogP contribution < -0.4 is 5.32 Å². The van der Waals surface area contributed by atoms with Crippen molar-refractivity contribution in [1.82, 2.24) is 15.1 Å². The molecule has 37 heavy (non-hydrogen) atoms. The molecule has 4 heteroatoms. The fraction of sp³-hybridized carbons (Fsp3) is 0.606. The van der Waals surface area contributed by atoms with Gasteiger partial charge in [0.25, 0.3) is 0 Å². The van der Waals surface area contributed by atoms with Gasteiger partial charge >= 0.3 is 0 Å². The van der Waals surface area contributed by atoms with E-state index in [1.165, 1.54) is 62.7 Å². The molecule has 2 saturated heterocycles. The first-order chi connectivity index (χ1) is 18.1. The Morgan fingerprint density at radius 2 is 1.41 bits per heavy atom. The van der Waals surface area contributed by atoms with E-state index in [1.54, 1.807) is 0 Å². The molecule has 7 rings (SSSR count). The highest BCUT2D eigenvalue weighted by molar-refractivity contribution is 5.76. The molecule has 5 fully saturated rings. The summed E-state index contributed by atoms with van der Waals surface area (Å²) < 4.78 is 0. The van der Waals surface area contributed by atoms with E-state index in [4.69, 9.17) is 0 Å². The minimum Gasteiger partial charge on any atom is -0.353 e. The molecule has 2 aromatic rings. The summed E-state index contributed by atoms with van der Waals surface area (Å²) in [6.45, 7) is 8.03. The first kappa shape index (κ1) is 25.1. The van der Waals surface area contributed by atoms with Crippen molar-refractivity contribution in [1.29, 1.82) is 0 Å². The van der Waals surface area contributed by atoms with Gasteiger partial charge in [-0.05, 0) is 106 Å². The molecular formula is C33H45N3O. The summed E-state index contributed by atoms with van der Waals surface area (Å²) in [5, 5.41) is 3.65. The molecule has 2 aliphatic heterocycles. The molecule has 2 heterocycles. The summed E-state index contributed by atoms with van der Waals surface area (Å²) >= 11 is 0. The fourth-order valence-corrected chi connectivity index (χ4v) is 8.37. The summed E-state index contributed by atoms with van der Waals surface area (Å²) in [6.07, 6.45) is 9.33. The van der Waals surface area contributed by atoms with E-state index in [-0.39, 0.29) is 17.5 Å². The third kappa shape index (κ3) is 5.25. The minimum atomic E-state index is 0.156. The van der Waals surface area contributed by atoms with Crippen LogP contribution in [0.5, 0.6) is 0 Å². The smallest absolute Gasteiger partial charge is 0.221 e. The van der Waals surface area contributed by atoms with E-state index in [1.807, 2.05) is 0 Å². The Balaban J connectivity index is 1.33. The topological polar surface area (TPSA) is 35.6 Å². The van der Waals surface area contributed by atoms with E-state index in [2.05, 4.69) is 82.7 Å². The fourth-order valence-electron chi connectivity index (χ4n) is 8.37. The quantitative estimate of drug-likeness (QED) is 0.522. The molecule has 1 amide bonds. The number of amides is 1. The molecule has 5 aliphatic rings. The average molecular weight is 500 g/mol. The van der Waals surface area contributed by atoms with Crippen LogP contribution >= 0.6 is 0 Å². The normalized spacial score (nSPS) is 33.0. The van der Waals surface area contributed by atoms with Crippen LogP contribution in [0, 0.1) is 11.8 Å². The van der Waals surface area contributed by atoms with Gasteiger partial charge in [-0.1, -0.05) is 67.6 Å². The molecule has 0 spiro atoms. The second kappa shape index (κ2) is 10.9. The number of hydrogen-bond donors (Lipinski definition) is 1. The maximum Gasteiger partial charge on any atom is 0.221 e. The Morgan fingerprint density at radius 1 is 0.838 bits per heavy atom. The summed E-state index contributed by atoms with van der Waals surface area (Å²) in [7, 11) is 0. The lowest BCUT2D eigenvalue weighted by molar-refractivity contribution is -0.125. The Morgan fingerprint density at radius 3 is 1.97 bits per heavy atom. The monoisotopic (exact) mass is 499 g/mol. The standard InChI is InChI=1S/C33H45N3O/c1-25-14-20-36(21-15-25)33-22-28(26-10-4-2-5-11-26)32(29(23-33)27-12-6-3-7-13-27)30(24-33)34-31(37)16-19-35-17-8-9-18-35/h2-7,10-13,25,28-30,32H,8-9,14-24H2,1H3,(H,34,37)/t28-,29-,30-,32?,33?/m1/s1. The zero-order chi connectivity index (χ0) is 25.2. The molecule has 4 nitrogen and oxygen atoms in total. The van der Waals surface area contributed by atoms with Crippen LogP contribution in [0.3, 0.4) is 0 Å². The molecule has 3 aliphatic carbocycles. The molecule has 0 radical (unpaired) electrons. The lowest BCUT2D eigenvalue weighted by atomic mass is 9.50. The molecule has 2 bridgehead atoms. The number of carbonyl (C=O) groups is 1. The van der Waals surface area contributed by atoms with Crippen LogP contribution in [-0.4, -0.2) is 60.0 Å². The third-order valence-corrected chi connectivity index (χ3v) is 10.3. The summed E-state index contributed by atoms with van der Waals surface area (Å²) in [4.78, 5) is 18.7. The Labute approximate surface area is 223 Å². The molecule has 3 saturated carbocycles. The number of benzene rings is 2. The molecule has 1 N–H and O–H groups in total. The lowest BCUT2D eigenvalue weighted by Crippen LogP contribution is -2.66. The van der Waals surface area contributed by atoms with Crippen molar-refractivity contribution < 1.29 is 4.79 Å². The zero-order valence-corrected chi connectivity index (χ0v) is 22.7. The Kier molecular flexibility index (Phi) is 7.40. The molecule has 0 unspecified atom stereocenters. The summed E-state index contributed by atoms with van der Waals surface area (Å²) in [6, 6.07) is 22.7. The lowest BCUT2D eigenvalue weighted by Gasteiger charge is -2.63. The van der Waals surface area contributed by atoms with Gasteiger partial charge in [-0.2, -0.15) is 0 Å². The highest BCUT2D eigenvalue weighted by atomic mass is 16.1. The SMILES string of the molecule is CC1CCN(C23C[C@H](c4ccccc4)C([C@@H](c4ccccc4)C2)[C@H](NC(=O)CCN2CCCC2)C3)CC1. The number of rotatable bonds is 7. The maximum atomic E-state index is 13.4. The van der Waals surface area contributed by atoms with Crippen LogP contribution in [0.2, 0.25) is 0 Å². The largest absolute Gasteiger partial charge is 0.353 e. The summed E-state index contributed by atoms with van der Waals surface area (Å²) in [5.41, 5.74) is 3.07. The van der Waals surface area contributed by atoms with Gasteiger partial charge in [-0.25, -0.2) is 0 Å². The minimum absolute atomic E-state index is 0.156. The van der Waals surface area contributed by atoms with Crippen LogP contribution in [0.1, 0.15) is 81.3 Å². The third-order valence-electron chi connectivity index (χ3n) is 10.3. The van der Waals surface area contributed by atoms with E-state index >= 15 is 0 Å². The predicted octanol–water partition coefficient (Wildman–Crippen LogP) is 5.81. The van der Waals surface area contributed by atoms with Crippen molar-refractivity contribution in [3.8, 4) is 0 Å². The molecule has 0 aromatic heterocycles. The van der Waals surface area contributed by atoms with E-state index in [9.17, 15) is 4.79 Å². The number of likely N-dealkylation sites (tertiary alicyclic amines) is 2. The Hall–Kier alpha value is -2.17. The number of fused-ring (bicyclic) bond motifs is 3. The van der Waals surface area contributed by atoms with Gasteiger partial charge in [0, 0.05) is 24.5 Å². The van der Waals surface area contributed by atoms with Gasteiger partial charge in [-0.3, -0.25) is 9.69 Å². The van der Waals surface area contributed by atoms with Crippen LogP contribution in [-0.2, 0) is 4.79 Å². The maximum absolute atomic E-state index is 13.4. The molecule has 198 valence electrons. The molecule has 3 atom stereocenters. The number of piperidine rings is 1. The molecule has 2 aromatic carbocycles. The number of nitrogens with one attached hydrogen (secondary N) is 1. The number of hydrogen-bond acceptors (Lipinski definition) is 3. The van der Waals surface area contributed by atoms with E-state index in [0.29, 0.717) is 24.2 Å². The predicted molar refractivity (Wildman–Crippen MR) is 151 cm³/mol. The van der Waals surface area contributed by atoms with E-state index < -0.39 is 0 Å². The average Bonchev–Trinajstić information content (AvgIpc) is 3.47. The van der Waals surface area contributed by atoms with Crippen molar-refractivity contribution >= 4 is 5.91 Å². The summed E-state index contributed by atoms with van der Waals surface area (Å²) in [5.74, 6) is 2.45. The second-order valence-electron chi connectivity index (χ2n) is 12.6. The van der Waals surface area contributed by atoms with Crippen LogP contribution in [0.15, 0.2) is 60.7 Å². The zero-order valence-electron chi connectivity index (χ0n) is 22.7. The van der Waals surface area contributed by atoms with Gasteiger partial charge in [0.05, 0.1) is 0 Å². The van der Waals surface area contributed by atoms with Crippen molar-refractivity contribution in [2.75, 3.05) is 32.7 Å². The van der Waals surface area contributed by atoms with Gasteiger partial charge in [0.1, 0.15) is 0 Å². The first-order valence-electron chi connectivity index (χ1n) is 15.0. The van der Waals surface area contributed by atoms with E-state index in [0.717, 1.165) is 32.0 Å². The highest BCUT2D eigenvalue weighted by Gasteiger charge is 2.58. The van der Waals surface area contributed by atoms with Gasteiger partial charge < -0.3 is 10.2 Å². The van der Waals surface area contributed by atoms with Crippen molar-refractivity contribution in [2.24, 2.45) is 11.8 Å². The van der Waals surface area contributed by atoms with Crippen LogP contribution in [0.4, 0.5) is 0 Å². The highest BCUT2D eigenvalue weighted by Crippen LogP contribution is 2.60. The number of carbonyl (C=O) groups excluding carboxylic acids is 1. The van der Waals surface area contributed by atoms with Gasteiger partial charge in [0.2, 0.25) is 5.91 Å². The first-order valence-corrected chi connectivity index (χ1v) is 15.0. The second-order valence-corrected chi connectivity index (χ2v) is 12.6. The molecular weight excluding hydrogens is 454 g/mol. The Bertz CT molecular complexity index is 977. The number of nitrogens with zero attached hydrogens (tertiary/aromatic N) is 2. The van der Waals surface area contributed by atoms with Crippen LogP contribution in [0.25, 0.3) is 0 Å². The van der Waals surface area contributed by atoms with Gasteiger partial charge in [0.15, 0.2) is 0 Å².